The Hall–Kier alpha value is -3.28. The van der Waals surface area contributed by atoms with E-state index in [1.807, 2.05) is 47.5 Å². The number of benzene rings is 2. The number of ether oxygens (including phenoxy) is 1. The van der Waals surface area contributed by atoms with Gasteiger partial charge >= 0.3 is 0 Å². The summed E-state index contributed by atoms with van der Waals surface area (Å²) in [5.41, 5.74) is 2.82. The standard InChI is InChI=1S/C22H23N3O3/c1-28-18-7-8-19-17(14-23-20(19)13-18)9-10-24-11-12-25(15-21(24)26)22(27)16-5-3-2-4-6-16/h2-8,13-14,23H,9-12,15H2,1H3. The Morgan fingerprint density at radius 3 is 2.71 bits per heavy atom. The number of piperazine rings is 1. The van der Waals surface area contributed by atoms with Gasteiger partial charge in [-0.05, 0) is 36.2 Å². The highest BCUT2D eigenvalue weighted by Crippen LogP contribution is 2.24. The molecule has 1 fully saturated rings. The number of aromatic amines is 1. The fourth-order valence-electron chi connectivity index (χ4n) is 3.64. The third-order valence-electron chi connectivity index (χ3n) is 5.25. The molecule has 0 bridgehead atoms. The first kappa shape index (κ1) is 18.1. The van der Waals surface area contributed by atoms with Gasteiger partial charge < -0.3 is 19.5 Å². The minimum atomic E-state index is -0.0841. The van der Waals surface area contributed by atoms with Gasteiger partial charge in [0.05, 0.1) is 7.11 Å². The summed E-state index contributed by atoms with van der Waals surface area (Å²) < 4.78 is 5.26. The highest BCUT2D eigenvalue weighted by molar-refractivity contribution is 5.97. The Labute approximate surface area is 163 Å². The average Bonchev–Trinajstić information content (AvgIpc) is 3.15. The molecule has 6 nitrogen and oxygen atoms in total. The zero-order valence-electron chi connectivity index (χ0n) is 15.9. The predicted molar refractivity (Wildman–Crippen MR) is 107 cm³/mol. The molecule has 1 aromatic heterocycles. The molecule has 0 atom stereocenters. The second-order valence-corrected chi connectivity index (χ2v) is 6.95. The van der Waals surface area contributed by atoms with Crippen molar-refractivity contribution in [1.29, 1.82) is 0 Å². The lowest BCUT2D eigenvalue weighted by atomic mass is 10.1. The van der Waals surface area contributed by atoms with Gasteiger partial charge in [0.2, 0.25) is 5.91 Å². The number of hydrogen-bond donors (Lipinski definition) is 1. The minimum Gasteiger partial charge on any atom is -0.497 e. The number of fused-ring (bicyclic) bond motifs is 1. The third kappa shape index (κ3) is 3.58. The van der Waals surface area contributed by atoms with Crippen molar-refractivity contribution >= 4 is 22.7 Å². The van der Waals surface area contributed by atoms with Crippen LogP contribution in [0.4, 0.5) is 0 Å². The van der Waals surface area contributed by atoms with Gasteiger partial charge in [0.1, 0.15) is 12.3 Å². The monoisotopic (exact) mass is 377 g/mol. The van der Waals surface area contributed by atoms with Crippen molar-refractivity contribution in [2.45, 2.75) is 6.42 Å². The molecular formula is C22H23N3O3. The average molecular weight is 377 g/mol. The number of amides is 2. The number of H-pyrrole nitrogens is 1. The van der Waals surface area contributed by atoms with Crippen molar-refractivity contribution in [2.24, 2.45) is 0 Å². The molecule has 6 heteroatoms. The topological polar surface area (TPSA) is 65.6 Å². The fraction of sp³-hybridized carbons (Fsp3) is 0.273. The molecule has 0 radical (unpaired) electrons. The van der Waals surface area contributed by atoms with Gasteiger partial charge in [-0.25, -0.2) is 0 Å². The van der Waals surface area contributed by atoms with Crippen molar-refractivity contribution < 1.29 is 14.3 Å². The smallest absolute Gasteiger partial charge is 0.254 e. The van der Waals surface area contributed by atoms with Gasteiger partial charge in [0, 0.05) is 48.4 Å². The molecule has 144 valence electrons. The fourth-order valence-corrected chi connectivity index (χ4v) is 3.64. The normalized spacial score (nSPS) is 14.5. The summed E-state index contributed by atoms with van der Waals surface area (Å²) in [6.07, 6.45) is 2.76. The van der Waals surface area contributed by atoms with E-state index in [1.165, 1.54) is 5.56 Å². The molecule has 2 heterocycles. The molecular weight excluding hydrogens is 354 g/mol. The van der Waals surface area contributed by atoms with Crippen LogP contribution in [0, 0.1) is 0 Å². The number of aromatic nitrogens is 1. The maximum Gasteiger partial charge on any atom is 0.254 e. The quantitative estimate of drug-likeness (QED) is 0.744. The van der Waals surface area contributed by atoms with Crippen LogP contribution in [0.3, 0.4) is 0 Å². The van der Waals surface area contributed by atoms with E-state index in [0.717, 1.165) is 23.1 Å². The zero-order valence-corrected chi connectivity index (χ0v) is 15.9. The van der Waals surface area contributed by atoms with Crippen LogP contribution < -0.4 is 4.74 Å². The van der Waals surface area contributed by atoms with Crippen molar-refractivity contribution in [3.63, 3.8) is 0 Å². The van der Waals surface area contributed by atoms with E-state index in [-0.39, 0.29) is 18.4 Å². The molecule has 2 amide bonds. The lowest BCUT2D eigenvalue weighted by Crippen LogP contribution is -2.52. The Bertz CT molecular complexity index is 997. The molecule has 0 spiro atoms. The SMILES string of the molecule is COc1ccc2c(CCN3CCN(C(=O)c4ccccc4)CC3=O)c[nH]c2c1. The van der Waals surface area contributed by atoms with E-state index < -0.39 is 0 Å². The van der Waals surface area contributed by atoms with Crippen LogP contribution in [0.2, 0.25) is 0 Å². The van der Waals surface area contributed by atoms with E-state index >= 15 is 0 Å². The summed E-state index contributed by atoms with van der Waals surface area (Å²) in [4.78, 5) is 31.8. The molecule has 1 aliphatic rings. The number of carbonyl (C=O) groups excluding carboxylic acids is 2. The third-order valence-corrected chi connectivity index (χ3v) is 5.25. The summed E-state index contributed by atoms with van der Waals surface area (Å²) in [7, 11) is 1.65. The summed E-state index contributed by atoms with van der Waals surface area (Å²) in [5, 5.41) is 1.14. The number of nitrogens with zero attached hydrogens (tertiary/aromatic N) is 2. The van der Waals surface area contributed by atoms with Crippen LogP contribution >= 0.6 is 0 Å². The molecule has 0 aliphatic carbocycles. The summed E-state index contributed by atoms with van der Waals surface area (Å²) in [5.74, 6) is 0.728. The highest BCUT2D eigenvalue weighted by Gasteiger charge is 2.27. The van der Waals surface area contributed by atoms with Crippen LogP contribution in [-0.2, 0) is 11.2 Å². The maximum atomic E-state index is 12.6. The van der Waals surface area contributed by atoms with Gasteiger partial charge in [0.25, 0.3) is 5.91 Å². The van der Waals surface area contributed by atoms with Crippen LogP contribution in [0.25, 0.3) is 10.9 Å². The second-order valence-electron chi connectivity index (χ2n) is 6.95. The molecule has 2 aromatic carbocycles. The summed E-state index contributed by atoms with van der Waals surface area (Å²) in [6, 6.07) is 15.1. The highest BCUT2D eigenvalue weighted by atomic mass is 16.5. The maximum absolute atomic E-state index is 12.6. The molecule has 4 rings (SSSR count). The number of rotatable bonds is 5. The van der Waals surface area contributed by atoms with Crippen molar-refractivity contribution in [2.75, 3.05) is 33.3 Å². The lowest BCUT2D eigenvalue weighted by molar-refractivity contribution is -0.134. The van der Waals surface area contributed by atoms with Gasteiger partial charge in [-0.3, -0.25) is 9.59 Å². The predicted octanol–water partition coefficient (Wildman–Crippen LogP) is 2.70. The van der Waals surface area contributed by atoms with E-state index in [1.54, 1.807) is 24.1 Å². The van der Waals surface area contributed by atoms with E-state index in [4.69, 9.17) is 4.74 Å². The van der Waals surface area contributed by atoms with Crippen LogP contribution in [-0.4, -0.2) is 59.9 Å². The van der Waals surface area contributed by atoms with Crippen molar-refractivity contribution in [3.8, 4) is 5.75 Å². The Morgan fingerprint density at radius 1 is 1.14 bits per heavy atom. The first-order valence-electron chi connectivity index (χ1n) is 9.42. The molecule has 1 saturated heterocycles. The summed E-state index contributed by atoms with van der Waals surface area (Å²) in [6.45, 7) is 1.90. The Balaban J connectivity index is 1.37. The molecule has 0 unspecified atom stereocenters. The number of methoxy groups -OCH3 is 1. The van der Waals surface area contributed by atoms with E-state index in [0.29, 0.717) is 25.2 Å². The largest absolute Gasteiger partial charge is 0.497 e. The van der Waals surface area contributed by atoms with E-state index in [2.05, 4.69) is 4.98 Å². The van der Waals surface area contributed by atoms with Crippen LogP contribution in [0.5, 0.6) is 5.75 Å². The van der Waals surface area contributed by atoms with Gasteiger partial charge in [-0.2, -0.15) is 0 Å². The molecule has 0 saturated carbocycles. The molecule has 28 heavy (non-hydrogen) atoms. The number of hydrogen-bond acceptors (Lipinski definition) is 3. The molecule has 1 N–H and O–H groups in total. The van der Waals surface area contributed by atoms with Crippen molar-refractivity contribution in [1.82, 2.24) is 14.8 Å². The molecule has 3 aromatic rings. The minimum absolute atomic E-state index is 0.00274. The number of carbonyl (C=O) groups is 2. The van der Waals surface area contributed by atoms with Gasteiger partial charge in [-0.15, -0.1) is 0 Å². The number of nitrogens with one attached hydrogen (secondary N) is 1. The Morgan fingerprint density at radius 2 is 1.96 bits per heavy atom. The summed E-state index contributed by atoms with van der Waals surface area (Å²) >= 11 is 0. The molecule has 1 aliphatic heterocycles. The van der Waals surface area contributed by atoms with E-state index in [9.17, 15) is 9.59 Å². The van der Waals surface area contributed by atoms with Crippen LogP contribution in [0.1, 0.15) is 15.9 Å². The van der Waals surface area contributed by atoms with Crippen LogP contribution in [0.15, 0.2) is 54.7 Å². The first-order chi connectivity index (χ1) is 13.7. The first-order valence-corrected chi connectivity index (χ1v) is 9.42. The van der Waals surface area contributed by atoms with Crippen molar-refractivity contribution in [3.05, 3.63) is 65.9 Å². The van der Waals surface area contributed by atoms with Gasteiger partial charge in [-0.1, -0.05) is 18.2 Å². The second kappa shape index (κ2) is 7.76. The lowest BCUT2D eigenvalue weighted by Gasteiger charge is -2.34. The van der Waals surface area contributed by atoms with Gasteiger partial charge in [0.15, 0.2) is 0 Å². The Kier molecular flexibility index (Phi) is 5.02. The zero-order chi connectivity index (χ0) is 19.5.